The summed E-state index contributed by atoms with van der Waals surface area (Å²) in [5, 5.41) is 5.67. The number of hydrogen-bond acceptors (Lipinski definition) is 5. The fourth-order valence-corrected chi connectivity index (χ4v) is 3.22. The predicted molar refractivity (Wildman–Crippen MR) is 117 cm³/mol. The lowest BCUT2D eigenvalue weighted by molar-refractivity contribution is -0.123. The van der Waals surface area contributed by atoms with Gasteiger partial charge in [-0.1, -0.05) is 24.3 Å². The average Bonchev–Trinajstić information content (AvgIpc) is 2.73. The maximum Gasteiger partial charge on any atom is 0.255 e. The molecule has 0 aliphatic carbocycles. The lowest BCUT2D eigenvalue weighted by Crippen LogP contribution is -2.48. The first kappa shape index (κ1) is 22.6. The minimum absolute atomic E-state index is 0.227. The van der Waals surface area contributed by atoms with E-state index in [-0.39, 0.29) is 11.8 Å². The van der Waals surface area contributed by atoms with E-state index in [1.54, 1.807) is 36.0 Å². The van der Waals surface area contributed by atoms with Crippen molar-refractivity contribution in [1.82, 2.24) is 10.6 Å². The summed E-state index contributed by atoms with van der Waals surface area (Å²) in [4.78, 5) is 25.3. The highest BCUT2D eigenvalue weighted by molar-refractivity contribution is 7.98. The summed E-state index contributed by atoms with van der Waals surface area (Å²) in [6, 6.07) is 14.1. The highest BCUT2D eigenvalue weighted by atomic mass is 32.2. The second-order valence-corrected chi connectivity index (χ2v) is 7.45. The van der Waals surface area contributed by atoms with Crippen molar-refractivity contribution in [1.29, 1.82) is 0 Å². The van der Waals surface area contributed by atoms with Gasteiger partial charge in [0.1, 0.15) is 24.1 Å². The Morgan fingerprint density at radius 3 is 2.66 bits per heavy atom. The van der Waals surface area contributed by atoms with Gasteiger partial charge >= 0.3 is 0 Å². The van der Waals surface area contributed by atoms with E-state index in [4.69, 9.17) is 9.47 Å². The molecule has 2 N–H and O–H groups in total. The average molecular weight is 417 g/mol. The van der Waals surface area contributed by atoms with E-state index >= 15 is 0 Å². The van der Waals surface area contributed by atoms with Crippen molar-refractivity contribution in [2.45, 2.75) is 19.4 Å². The van der Waals surface area contributed by atoms with Gasteiger partial charge in [-0.25, -0.2) is 0 Å². The topological polar surface area (TPSA) is 76.7 Å². The first-order valence-corrected chi connectivity index (χ1v) is 10.8. The number of rotatable bonds is 11. The number of methoxy groups -OCH3 is 1. The van der Waals surface area contributed by atoms with Crippen molar-refractivity contribution in [2.75, 3.05) is 32.3 Å². The van der Waals surface area contributed by atoms with E-state index < -0.39 is 6.04 Å². The number of ether oxygens (including phenoxy) is 2. The van der Waals surface area contributed by atoms with Crippen LogP contribution in [0.1, 0.15) is 22.3 Å². The van der Waals surface area contributed by atoms with Crippen LogP contribution >= 0.6 is 11.8 Å². The fraction of sp³-hybridized carbons (Fsp3) is 0.364. The molecule has 0 aliphatic heterocycles. The van der Waals surface area contributed by atoms with Gasteiger partial charge < -0.3 is 20.1 Å². The molecule has 6 nitrogen and oxygen atoms in total. The van der Waals surface area contributed by atoms with Crippen molar-refractivity contribution in [3.63, 3.8) is 0 Å². The van der Waals surface area contributed by atoms with Crippen molar-refractivity contribution >= 4 is 23.6 Å². The molecule has 2 rings (SSSR count). The van der Waals surface area contributed by atoms with Crippen molar-refractivity contribution in [3.8, 4) is 11.5 Å². The third-order valence-electron chi connectivity index (χ3n) is 4.24. The molecule has 0 saturated heterocycles. The SMILES string of the molecule is COc1ccccc1C(=O)NC(CCSC)C(=O)NCCOc1cccc(C)c1. The van der Waals surface area contributed by atoms with Gasteiger partial charge in [0, 0.05) is 0 Å². The van der Waals surface area contributed by atoms with Gasteiger partial charge in [-0.05, 0) is 55.2 Å². The number of nitrogens with one attached hydrogen (secondary N) is 2. The Balaban J connectivity index is 1.90. The Labute approximate surface area is 176 Å². The quantitative estimate of drug-likeness (QED) is 0.551. The molecule has 1 atom stereocenters. The van der Waals surface area contributed by atoms with Crippen molar-refractivity contribution in [2.24, 2.45) is 0 Å². The normalized spacial score (nSPS) is 11.4. The van der Waals surface area contributed by atoms with Gasteiger partial charge in [0.25, 0.3) is 5.91 Å². The Hall–Kier alpha value is -2.67. The summed E-state index contributed by atoms with van der Waals surface area (Å²) >= 11 is 1.62. The zero-order chi connectivity index (χ0) is 21.1. The van der Waals surface area contributed by atoms with Gasteiger partial charge in [0.05, 0.1) is 19.2 Å². The van der Waals surface area contributed by atoms with Crippen LogP contribution in [0.5, 0.6) is 11.5 Å². The molecule has 0 fully saturated rings. The molecule has 2 amide bonds. The number of benzene rings is 2. The molecule has 0 aromatic heterocycles. The summed E-state index contributed by atoms with van der Waals surface area (Å²) in [5.74, 6) is 1.43. The number of carbonyl (C=O) groups is 2. The third kappa shape index (κ3) is 7.34. The summed E-state index contributed by atoms with van der Waals surface area (Å²) in [5.41, 5.74) is 1.52. The molecular weight excluding hydrogens is 388 g/mol. The smallest absolute Gasteiger partial charge is 0.255 e. The van der Waals surface area contributed by atoms with Gasteiger partial charge in [-0.15, -0.1) is 0 Å². The van der Waals surface area contributed by atoms with Crippen LogP contribution in [0.2, 0.25) is 0 Å². The molecule has 1 unspecified atom stereocenters. The molecule has 0 bridgehead atoms. The lowest BCUT2D eigenvalue weighted by atomic mass is 10.1. The molecule has 0 radical (unpaired) electrons. The Bertz CT molecular complexity index is 813. The minimum atomic E-state index is -0.626. The highest BCUT2D eigenvalue weighted by Gasteiger charge is 2.22. The Morgan fingerprint density at radius 1 is 1.14 bits per heavy atom. The van der Waals surface area contributed by atoms with Gasteiger partial charge in [0.2, 0.25) is 5.91 Å². The zero-order valence-electron chi connectivity index (χ0n) is 17.1. The first-order valence-electron chi connectivity index (χ1n) is 9.45. The van der Waals surface area contributed by atoms with E-state index in [1.165, 1.54) is 7.11 Å². The predicted octanol–water partition coefficient (Wildman–Crippen LogP) is 3.05. The molecule has 0 aliphatic rings. The number of aryl methyl sites for hydroxylation is 1. The van der Waals surface area contributed by atoms with Crippen LogP contribution in [0.25, 0.3) is 0 Å². The largest absolute Gasteiger partial charge is 0.496 e. The Morgan fingerprint density at radius 2 is 1.93 bits per heavy atom. The number of hydrogen-bond donors (Lipinski definition) is 2. The van der Waals surface area contributed by atoms with Gasteiger partial charge in [-0.2, -0.15) is 11.8 Å². The monoisotopic (exact) mass is 416 g/mol. The zero-order valence-corrected chi connectivity index (χ0v) is 17.9. The molecule has 7 heteroatoms. The second-order valence-electron chi connectivity index (χ2n) is 6.46. The van der Waals surface area contributed by atoms with Crippen LogP contribution in [-0.2, 0) is 4.79 Å². The first-order chi connectivity index (χ1) is 14.0. The molecular formula is C22H28N2O4S. The van der Waals surface area contributed by atoms with E-state index in [1.807, 2.05) is 37.4 Å². The number of carbonyl (C=O) groups excluding carboxylic acids is 2. The maximum absolute atomic E-state index is 12.6. The molecule has 2 aromatic rings. The molecule has 0 heterocycles. The maximum atomic E-state index is 12.6. The number of amides is 2. The summed E-state index contributed by atoms with van der Waals surface area (Å²) < 4.78 is 10.9. The lowest BCUT2D eigenvalue weighted by Gasteiger charge is -2.19. The molecule has 0 saturated carbocycles. The summed E-state index contributed by atoms with van der Waals surface area (Å²) in [6.07, 6.45) is 2.50. The summed E-state index contributed by atoms with van der Waals surface area (Å²) in [7, 11) is 1.51. The molecule has 29 heavy (non-hydrogen) atoms. The van der Waals surface area contributed by atoms with E-state index in [2.05, 4.69) is 10.6 Å². The van der Waals surface area contributed by atoms with Crippen LogP contribution in [-0.4, -0.2) is 50.1 Å². The fourth-order valence-electron chi connectivity index (χ4n) is 2.74. The second kappa shape index (κ2) is 12.0. The van der Waals surface area contributed by atoms with Gasteiger partial charge in [-0.3, -0.25) is 9.59 Å². The van der Waals surface area contributed by atoms with E-state index in [9.17, 15) is 9.59 Å². The Kier molecular flexibility index (Phi) is 9.37. The van der Waals surface area contributed by atoms with Crippen LogP contribution in [0.15, 0.2) is 48.5 Å². The van der Waals surface area contributed by atoms with Crippen LogP contribution in [0.3, 0.4) is 0 Å². The van der Waals surface area contributed by atoms with Crippen molar-refractivity contribution in [3.05, 3.63) is 59.7 Å². The van der Waals surface area contributed by atoms with E-state index in [0.717, 1.165) is 17.1 Å². The third-order valence-corrected chi connectivity index (χ3v) is 4.89. The minimum Gasteiger partial charge on any atom is -0.496 e. The number of para-hydroxylation sites is 1. The van der Waals surface area contributed by atoms with E-state index in [0.29, 0.717) is 30.9 Å². The number of thioether (sulfide) groups is 1. The van der Waals surface area contributed by atoms with Crippen LogP contribution in [0, 0.1) is 6.92 Å². The van der Waals surface area contributed by atoms with Gasteiger partial charge in [0.15, 0.2) is 0 Å². The van der Waals surface area contributed by atoms with Crippen LogP contribution < -0.4 is 20.1 Å². The van der Waals surface area contributed by atoms with Crippen LogP contribution in [0.4, 0.5) is 0 Å². The molecule has 2 aromatic carbocycles. The van der Waals surface area contributed by atoms with Crippen molar-refractivity contribution < 1.29 is 19.1 Å². The summed E-state index contributed by atoms with van der Waals surface area (Å²) in [6.45, 7) is 2.70. The molecule has 156 valence electrons. The highest BCUT2D eigenvalue weighted by Crippen LogP contribution is 2.17. The molecule has 0 spiro atoms. The standard InChI is InChI=1S/C22H28N2O4S/c1-16-7-6-8-17(15-16)28-13-12-23-22(26)19(11-14-29-3)24-21(25)18-9-4-5-10-20(18)27-2/h4-10,15,19H,11-14H2,1-3H3,(H,23,26)(H,24,25).